The zero-order chi connectivity index (χ0) is 23.8. The van der Waals surface area contributed by atoms with Crippen LogP contribution in [0, 0.1) is 6.92 Å². The minimum atomic E-state index is -0.773. The molecule has 0 aliphatic heterocycles. The van der Waals surface area contributed by atoms with Crippen molar-refractivity contribution in [3.05, 3.63) is 71.8 Å². The summed E-state index contributed by atoms with van der Waals surface area (Å²) < 4.78 is 34.4. The maximum atomic E-state index is 10.3. The Hall–Kier alpha value is -3.58. The SMILES string of the molecule is COc1ccc(C(Oc2ccc(C)cc2OC)C(CO)Oc2ccccc2OC)cc1OC. The molecule has 0 heterocycles. The van der Waals surface area contributed by atoms with E-state index in [0.717, 1.165) is 11.1 Å². The molecule has 0 saturated carbocycles. The predicted molar refractivity (Wildman–Crippen MR) is 125 cm³/mol. The second kappa shape index (κ2) is 11.3. The minimum Gasteiger partial charge on any atom is -0.493 e. The van der Waals surface area contributed by atoms with Crippen molar-refractivity contribution in [3.8, 4) is 34.5 Å². The van der Waals surface area contributed by atoms with Crippen LogP contribution in [0.2, 0.25) is 0 Å². The molecule has 3 aromatic rings. The van der Waals surface area contributed by atoms with Crippen molar-refractivity contribution in [1.29, 1.82) is 0 Å². The van der Waals surface area contributed by atoms with E-state index in [1.54, 1.807) is 52.7 Å². The lowest BCUT2D eigenvalue weighted by Crippen LogP contribution is -2.33. The maximum absolute atomic E-state index is 10.3. The van der Waals surface area contributed by atoms with Gasteiger partial charge in [-0.25, -0.2) is 0 Å². The molecule has 0 radical (unpaired) electrons. The van der Waals surface area contributed by atoms with E-state index in [2.05, 4.69) is 0 Å². The number of rotatable bonds is 11. The first kappa shape index (κ1) is 24.1. The zero-order valence-electron chi connectivity index (χ0n) is 19.5. The van der Waals surface area contributed by atoms with Gasteiger partial charge in [0.1, 0.15) is 0 Å². The smallest absolute Gasteiger partial charge is 0.163 e. The van der Waals surface area contributed by atoms with Gasteiger partial charge in [0.2, 0.25) is 0 Å². The first-order valence-electron chi connectivity index (χ1n) is 10.5. The van der Waals surface area contributed by atoms with Gasteiger partial charge in [-0.15, -0.1) is 0 Å². The number of methoxy groups -OCH3 is 4. The van der Waals surface area contributed by atoms with Crippen LogP contribution in [0.1, 0.15) is 17.2 Å². The Bertz CT molecular complexity index is 1050. The van der Waals surface area contributed by atoms with E-state index in [9.17, 15) is 5.11 Å². The van der Waals surface area contributed by atoms with Crippen LogP contribution in [0.25, 0.3) is 0 Å². The van der Waals surface area contributed by atoms with Gasteiger partial charge in [0.25, 0.3) is 0 Å². The first-order valence-corrected chi connectivity index (χ1v) is 10.5. The molecule has 0 aliphatic carbocycles. The standard InChI is InChI=1S/C26H30O7/c1-17-10-12-22(23(14-17)30-4)33-26(18-11-13-20(29-3)24(15-18)31-5)25(16-27)32-21-9-7-6-8-19(21)28-2/h6-15,25-27H,16H2,1-5H3. The fourth-order valence-corrected chi connectivity index (χ4v) is 3.47. The highest BCUT2D eigenvalue weighted by molar-refractivity contribution is 5.46. The van der Waals surface area contributed by atoms with Crippen LogP contribution in [0.3, 0.4) is 0 Å². The Kier molecular flexibility index (Phi) is 8.27. The first-order chi connectivity index (χ1) is 16.0. The Labute approximate surface area is 194 Å². The molecule has 0 bridgehead atoms. The van der Waals surface area contributed by atoms with E-state index in [4.69, 9.17) is 28.4 Å². The minimum absolute atomic E-state index is 0.314. The van der Waals surface area contributed by atoms with Gasteiger partial charge in [-0.1, -0.05) is 24.3 Å². The normalized spacial score (nSPS) is 12.4. The van der Waals surface area contributed by atoms with E-state index >= 15 is 0 Å². The molecule has 0 saturated heterocycles. The lowest BCUT2D eigenvalue weighted by Gasteiger charge is -2.29. The molecule has 3 rings (SSSR count). The maximum Gasteiger partial charge on any atom is 0.163 e. The summed E-state index contributed by atoms with van der Waals surface area (Å²) in [6.45, 7) is 1.66. The van der Waals surface area contributed by atoms with E-state index in [1.807, 2.05) is 43.3 Å². The van der Waals surface area contributed by atoms with Crippen molar-refractivity contribution in [2.75, 3.05) is 35.0 Å². The molecule has 0 spiro atoms. The fourth-order valence-electron chi connectivity index (χ4n) is 3.47. The molecule has 7 nitrogen and oxygen atoms in total. The van der Waals surface area contributed by atoms with Gasteiger partial charge in [-0.3, -0.25) is 0 Å². The molecule has 3 aromatic carbocycles. The van der Waals surface area contributed by atoms with E-state index in [1.165, 1.54) is 0 Å². The third-order valence-electron chi connectivity index (χ3n) is 5.17. The molecule has 33 heavy (non-hydrogen) atoms. The van der Waals surface area contributed by atoms with Crippen LogP contribution in [-0.4, -0.2) is 46.3 Å². The second-order valence-electron chi connectivity index (χ2n) is 7.30. The average molecular weight is 455 g/mol. The topological polar surface area (TPSA) is 75.6 Å². The zero-order valence-corrected chi connectivity index (χ0v) is 19.5. The highest BCUT2D eigenvalue weighted by atomic mass is 16.6. The van der Waals surface area contributed by atoms with E-state index in [-0.39, 0.29) is 6.61 Å². The average Bonchev–Trinajstić information content (AvgIpc) is 2.86. The number of para-hydroxylation sites is 2. The van der Waals surface area contributed by atoms with Gasteiger partial charge < -0.3 is 33.5 Å². The molecule has 2 unspecified atom stereocenters. The Morgan fingerprint density at radius 2 is 1.18 bits per heavy atom. The van der Waals surface area contributed by atoms with Gasteiger partial charge >= 0.3 is 0 Å². The van der Waals surface area contributed by atoms with Crippen molar-refractivity contribution >= 4 is 0 Å². The molecule has 0 amide bonds. The van der Waals surface area contributed by atoms with Crippen LogP contribution < -0.4 is 28.4 Å². The number of hydrogen-bond acceptors (Lipinski definition) is 7. The van der Waals surface area contributed by atoms with Gasteiger partial charge in [-0.05, 0) is 48.9 Å². The lowest BCUT2D eigenvalue weighted by molar-refractivity contribution is 0.0121. The number of hydrogen-bond donors (Lipinski definition) is 1. The lowest BCUT2D eigenvalue weighted by atomic mass is 10.0. The summed E-state index contributed by atoms with van der Waals surface area (Å²) in [5.74, 6) is 3.26. The van der Waals surface area contributed by atoms with Crippen molar-refractivity contribution in [2.45, 2.75) is 19.1 Å². The Balaban J connectivity index is 2.05. The molecule has 2 atom stereocenters. The van der Waals surface area contributed by atoms with Crippen molar-refractivity contribution in [3.63, 3.8) is 0 Å². The summed E-state index contributed by atoms with van der Waals surface area (Å²) >= 11 is 0. The van der Waals surface area contributed by atoms with Crippen LogP contribution >= 0.6 is 0 Å². The number of aryl methyl sites for hydroxylation is 1. The summed E-state index contributed by atoms with van der Waals surface area (Å²) in [5.41, 5.74) is 1.76. The molecule has 0 aliphatic rings. The van der Waals surface area contributed by atoms with Crippen molar-refractivity contribution in [1.82, 2.24) is 0 Å². The van der Waals surface area contributed by atoms with Crippen LogP contribution in [0.15, 0.2) is 60.7 Å². The summed E-state index contributed by atoms with van der Waals surface area (Å²) in [6, 6.07) is 18.3. The fraction of sp³-hybridized carbons (Fsp3) is 0.308. The number of benzene rings is 3. The molecule has 176 valence electrons. The van der Waals surface area contributed by atoms with Gasteiger partial charge in [-0.2, -0.15) is 0 Å². The van der Waals surface area contributed by atoms with E-state index in [0.29, 0.717) is 34.5 Å². The molecule has 7 heteroatoms. The van der Waals surface area contributed by atoms with Gasteiger partial charge in [0.05, 0.1) is 35.0 Å². The summed E-state index contributed by atoms with van der Waals surface area (Å²) in [4.78, 5) is 0. The molecule has 1 N–H and O–H groups in total. The molecular weight excluding hydrogens is 424 g/mol. The van der Waals surface area contributed by atoms with Crippen LogP contribution in [0.4, 0.5) is 0 Å². The highest BCUT2D eigenvalue weighted by Gasteiger charge is 2.30. The van der Waals surface area contributed by atoms with Crippen molar-refractivity contribution in [2.24, 2.45) is 0 Å². The molecular formula is C26H30O7. The Morgan fingerprint density at radius 3 is 1.82 bits per heavy atom. The Morgan fingerprint density at radius 1 is 0.636 bits per heavy atom. The monoisotopic (exact) mass is 454 g/mol. The highest BCUT2D eigenvalue weighted by Crippen LogP contribution is 2.38. The van der Waals surface area contributed by atoms with Crippen molar-refractivity contribution < 1.29 is 33.5 Å². The summed E-state index contributed by atoms with van der Waals surface area (Å²) in [7, 11) is 6.29. The summed E-state index contributed by atoms with van der Waals surface area (Å²) in [5, 5.41) is 10.3. The van der Waals surface area contributed by atoms with Crippen LogP contribution in [-0.2, 0) is 0 Å². The van der Waals surface area contributed by atoms with E-state index < -0.39 is 12.2 Å². The quantitative estimate of drug-likeness (QED) is 0.454. The molecule has 0 fully saturated rings. The van der Waals surface area contributed by atoms with Gasteiger partial charge in [0.15, 0.2) is 46.7 Å². The number of ether oxygens (including phenoxy) is 6. The largest absolute Gasteiger partial charge is 0.493 e. The number of aliphatic hydroxyl groups excluding tert-OH is 1. The second-order valence-corrected chi connectivity index (χ2v) is 7.30. The molecule has 0 aromatic heterocycles. The summed E-state index contributed by atoms with van der Waals surface area (Å²) in [6.07, 6.45) is -1.48. The van der Waals surface area contributed by atoms with Gasteiger partial charge in [0, 0.05) is 5.56 Å². The third kappa shape index (κ3) is 5.62. The van der Waals surface area contributed by atoms with Crippen LogP contribution in [0.5, 0.6) is 34.5 Å². The number of aliphatic hydroxyl groups is 1. The third-order valence-corrected chi connectivity index (χ3v) is 5.17. The predicted octanol–water partition coefficient (Wildman–Crippen LogP) is 4.59.